The number of halogens is 2. The summed E-state index contributed by atoms with van der Waals surface area (Å²) in [5, 5.41) is 0.448. The summed E-state index contributed by atoms with van der Waals surface area (Å²) < 4.78 is 46.1. The van der Waals surface area contributed by atoms with Crippen LogP contribution in [0.4, 0.5) is 10.1 Å². The highest BCUT2D eigenvalue weighted by molar-refractivity contribution is 7.92. The Hall–Kier alpha value is -2.57. The van der Waals surface area contributed by atoms with Gasteiger partial charge in [0.2, 0.25) is 0 Å². The van der Waals surface area contributed by atoms with Gasteiger partial charge in [-0.1, -0.05) is 23.7 Å². The third kappa shape index (κ3) is 4.40. The fourth-order valence-electron chi connectivity index (χ4n) is 2.55. The number of ether oxygens (including phenoxy) is 1. The lowest BCUT2D eigenvalue weighted by Gasteiger charge is -2.25. The number of rotatable bonds is 6. The van der Waals surface area contributed by atoms with Crippen molar-refractivity contribution in [3.8, 4) is 5.75 Å². The molecule has 0 aliphatic heterocycles. The number of methoxy groups -OCH3 is 1. The zero-order chi connectivity index (χ0) is 19.4. The average Bonchev–Trinajstić information content (AvgIpc) is 2.68. The van der Waals surface area contributed by atoms with Crippen LogP contribution in [-0.2, 0) is 16.6 Å². The monoisotopic (exact) mass is 405 g/mol. The number of hydrogen-bond acceptors (Lipinski definition) is 3. The number of sulfonamides is 1. The van der Waals surface area contributed by atoms with Gasteiger partial charge in [-0.25, -0.2) is 12.8 Å². The molecule has 0 spiro atoms. The molecule has 140 valence electrons. The Morgan fingerprint density at radius 1 is 0.926 bits per heavy atom. The fraction of sp³-hybridized carbons (Fsp3) is 0.100. The molecular formula is C20H17ClFNO3S. The van der Waals surface area contributed by atoms with Crippen LogP contribution in [0, 0.1) is 5.82 Å². The van der Waals surface area contributed by atoms with Crippen molar-refractivity contribution < 1.29 is 17.5 Å². The number of nitrogens with zero attached hydrogens (tertiary/aromatic N) is 1. The van der Waals surface area contributed by atoms with E-state index in [0.29, 0.717) is 22.0 Å². The Kier molecular flexibility index (Phi) is 5.68. The van der Waals surface area contributed by atoms with E-state index in [1.54, 1.807) is 36.4 Å². The lowest BCUT2D eigenvalue weighted by molar-refractivity contribution is 0.415. The average molecular weight is 406 g/mol. The minimum absolute atomic E-state index is 0.0531. The first-order chi connectivity index (χ1) is 12.9. The summed E-state index contributed by atoms with van der Waals surface area (Å²) in [4.78, 5) is 0.116. The molecule has 0 saturated heterocycles. The van der Waals surface area contributed by atoms with Gasteiger partial charge in [-0.05, 0) is 66.2 Å². The minimum atomic E-state index is -3.86. The molecule has 0 aromatic heterocycles. The maximum Gasteiger partial charge on any atom is 0.264 e. The van der Waals surface area contributed by atoms with Crippen LogP contribution < -0.4 is 9.04 Å². The van der Waals surface area contributed by atoms with E-state index in [9.17, 15) is 12.8 Å². The maximum atomic E-state index is 13.2. The Morgan fingerprint density at radius 3 is 2.07 bits per heavy atom. The first kappa shape index (κ1) is 19.2. The van der Waals surface area contributed by atoms with Gasteiger partial charge in [-0.15, -0.1) is 0 Å². The normalized spacial score (nSPS) is 11.2. The van der Waals surface area contributed by atoms with E-state index in [0.717, 1.165) is 0 Å². The van der Waals surface area contributed by atoms with Gasteiger partial charge >= 0.3 is 0 Å². The molecule has 4 nitrogen and oxygen atoms in total. The van der Waals surface area contributed by atoms with Crippen LogP contribution in [0.25, 0.3) is 0 Å². The minimum Gasteiger partial charge on any atom is -0.497 e. The van der Waals surface area contributed by atoms with Gasteiger partial charge < -0.3 is 4.74 Å². The molecule has 27 heavy (non-hydrogen) atoms. The molecule has 0 amide bonds. The van der Waals surface area contributed by atoms with Crippen molar-refractivity contribution >= 4 is 27.3 Å². The predicted molar refractivity (Wildman–Crippen MR) is 104 cm³/mol. The molecule has 7 heteroatoms. The lowest BCUT2D eigenvalue weighted by atomic mass is 10.2. The van der Waals surface area contributed by atoms with Gasteiger partial charge in [0.15, 0.2) is 0 Å². The summed E-state index contributed by atoms with van der Waals surface area (Å²) in [5.41, 5.74) is 1.12. The van der Waals surface area contributed by atoms with Crippen molar-refractivity contribution in [2.75, 3.05) is 11.4 Å². The number of hydrogen-bond donors (Lipinski definition) is 0. The topological polar surface area (TPSA) is 46.6 Å². The van der Waals surface area contributed by atoms with Crippen molar-refractivity contribution in [3.63, 3.8) is 0 Å². The molecule has 3 aromatic rings. The largest absolute Gasteiger partial charge is 0.497 e. The third-order valence-corrected chi connectivity index (χ3v) is 6.04. The molecule has 0 heterocycles. The molecule has 0 saturated carbocycles. The summed E-state index contributed by atoms with van der Waals surface area (Å²) >= 11 is 5.88. The van der Waals surface area contributed by atoms with Gasteiger partial charge in [0.05, 0.1) is 24.2 Å². The molecule has 0 aliphatic carbocycles. The second-order valence-corrected chi connectivity index (χ2v) is 8.09. The van der Waals surface area contributed by atoms with Crippen LogP contribution in [-0.4, -0.2) is 15.5 Å². The predicted octanol–water partition coefficient (Wildman–Crippen LogP) is 4.88. The SMILES string of the molecule is COc1ccc(N(Cc2ccc(F)cc2)S(=O)(=O)c2ccc(Cl)cc2)cc1. The van der Waals surface area contributed by atoms with E-state index >= 15 is 0 Å². The highest BCUT2D eigenvalue weighted by Crippen LogP contribution is 2.28. The molecule has 0 fully saturated rings. The van der Waals surface area contributed by atoms with Crippen LogP contribution >= 0.6 is 11.6 Å². The molecule has 0 unspecified atom stereocenters. The van der Waals surface area contributed by atoms with Gasteiger partial charge in [0, 0.05) is 5.02 Å². The van der Waals surface area contributed by atoms with Crippen molar-refractivity contribution in [2.24, 2.45) is 0 Å². The van der Waals surface area contributed by atoms with Crippen LogP contribution in [0.5, 0.6) is 5.75 Å². The Morgan fingerprint density at radius 2 is 1.52 bits per heavy atom. The van der Waals surface area contributed by atoms with E-state index in [1.165, 1.54) is 47.8 Å². The van der Waals surface area contributed by atoms with Crippen molar-refractivity contribution in [1.82, 2.24) is 0 Å². The molecular weight excluding hydrogens is 389 g/mol. The summed E-state index contributed by atoms with van der Waals surface area (Å²) in [6.07, 6.45) is 0. The number of benzene rings is 3. The molecule has 3 aromatic carbocycles. The van der Waals surface area contributed by atoms with Gasteiger partial charge in [0.25, 0.3) is 10.0 Å². The smallest absolute Gasteiger partial charge is 0.264 e. The standard InChI is InChI=1S/C20H17ClFNO3S/c1-26-19-10-8-18(9-11-19)23(14-15-2-6-17(22)7-3-15)27(24,25)20-12-4-16(21)5-13-20/h2-13H,14H2,1H3. The third-order valence-electron chi connectivity index (χ3n) is 4.00. The first-order valence-corrected chi connectivity index (χ1v) is 9.89. The van der Waals surface area contributed by atoms with Crippen LogP contribution in [0.15, 0.2) is 77.7 Å². The number of anilines is 1. The van der Waals surface area contributed by atoms with Crippen LogP contribution in [0.2, 0.25) is 5.02 Å². The van der Waals surface area contributed by atoms with E-state index in [2.05, 4.69) is 0 Å². The summed E-state index contributed by atoms with van der Waals surface area (Å²) in [7, 11) is -2.32. The molecule has 0 bridgehead atoms. The first-order valence-electron chi connectivity index (χ1n) is 8.07. The Balaban J connectivity index is 2.04. The highest BCUT2D eigenvalue weighted by atomic mass is 35.5. The van der Waals surface area contributed by atoms with Crippen molar-refractivity contribution in [2.45, 2.75) is 11.4 Å². The Bertz CT molecular complexity index is 1000. The molecule has 0 radical (unpaired) electrons. The second kappa shape index (κ2) is 7.98. The van der Waals surface area contributed by atoms with Crippen LogP contribution in [0.1, 0.15) is 5.56 Å². The molecule has 0 aliphatic rings. The zero-order valence-corrected chi connectivity index (χ0v) is 16.0. The van der Waals surface area contributed by atoms with E-state index < -0.39 is 10.0 Å². The highest BCUT2D eigenvalue weighted by Gasteiger charge is 2.25. The quantitative estimate of drug-likeness (QED) is 0.587. The van der Waals surface area contributed by atoms with E-state index in [4.69, 9.17) is 16.3 Å². The van der Waals surface area contributed by atoms with Crippen molar-refractivity contribution in [3.05, 3.63) is 89.2 Å². The summed E-state index contributed by atoms with van der Waals surface area (Å²) in [6, 6.07) is 18.4. The van der Waals surface area contributed by atoms with Gasteiger partial charge in [-0.2, -0.15) is 0 Å². The van der Waals surface area contributed by atoms with Crippen LogP contribution in [0.3, 0.4) is 0 Å². The van der Waals surface area contributed by atoms with Crippen molar-refractivity contribution in [1.29, 1.82) is 0 Å². The fourth-order valence-corrected chi connectivity index (χ4v) is 4.13. The van der Waals surface area contributed by atoms with E-state index in [1.807, 2.05) is 0 Å². The van der Waals surface area contributed by atoms with Gasteiger partial charge in [-0.3, -0.25) is 4.31 Å². The van der Waals surface area contributed by atoms with Gasteiger partial charge in [0.1, 0.15) is 11.6 Å². The molecule has 3 rings (SSSR count). The Labute approximate surface area is 162 Å². The molecule has 0 N–H and O–H groups in total. The second-order valence-electron chi connectivity index (χ2n) is 5.79. The maximum absolute atomic E-state index is 13.2. The zero-order valence-electron chi connectivity index (χ0n) is 14.5. The molecule has 0 atom stereocenters. The summed E-state index contributed by atoms with van der Waals surface area (Å²) in [5.74, 6) is 0.236. The lowest BCUT2D eigenvalue weighted by Crippen LogP contribution is -2.30. The summed E-state index contributed by atoms with van der Waals surface area (Å²) in [6.45, 7) is 0.0531. The van der Waals surface area contributed by atoms with E-state index in [-0.39, 0.29) is 17.3 Å².